The van der Waals surface area contributed by atoms with Gasteiger partial charge < -0.3 is 15.0 Å². The first kappa shape index (κ1) is 16.0. The van der Waals surface area contributed by atoms with Gasteiger partial charge in [-0.15, -0.1) is 0 Å². The van der Waals surface area contributed by atoms with Crippen LogP contribution in [0.1, 0.15) is 27.9 Å². The molecule has 1 atom stereocenters. The van der Waals surface area contributed by atoms with Crippen LogP contribution in [-0.4, -0.2) is 52.1 Å². The number of ether oxygens (including phenoxy) is 1. The molecule has 0 unspecified atom stereocenters. The standard InChI is InChI=1S/C19H19ClN4O2/c20-15-2-1-12-6-16(7-13(12)5-15)23-18-21-8-14(9-22-18)17(25)24-4-3-19(24)10-26-11-19/h1-2,5,8-9,16H,3-4,6-7,10-11H2,(H,21,22,23)/t16-/m0/s1. The second-order valence-corrected chi connectivity index (χ2v) is 7.82. The summed E-state index contributed by atoms with van der Waals surface area (Å²) >= 11 is 6.07. The molecule has 1 spiro atoms. The summed E-state index contributed by atoms with van der Waals surface area (Å²) in [7, 11) is 0. The number of carbonyl (C=O) groups excluding carboxylic acids is 1. The zero-order valence-electron chi connectivity index (χ0n) is 14.2. The maximum atomic E-state index is 12.6. The van der Waals surface area contributed by atoms with Crippen molar-refractivity contribution in [3.05, 3.63) is 52.3 Å². The van der Waals surface area contributed by atoms with Crippen molar-refractivity contribution in [3.8, 4) is 0 Å². The van der Waals surface area contributed by atoms with Gasteiger partial charge in [-0.25, -0.2) is 9.97 Å². The van der Waals surface area contributed by atoms with Crippen molar-refractivity contribution >= 4 is 23.5 Å². The van der Waals surface area contributed by atoms with Crippen LogP contribution >= 0.6 is 11.6 Å². The van der Waals surface area contributed by atoms with E-state index in [2.05, 4.69) is 21.4 Å². The van der Waals surface area contributed by atoms with Gasteiger partial charge in [0.1, 0.15) is 0 Å². The third-order valence-corrected chi connectivity index (χ3v) is 5.93. The summed E-state index contributed by atoms with van der Waals surface area (Å²) in [6, 6.07) is 6.27. The van der Waals surface area contributed by atoms with Crippen LogP contribution in [0.4, 0.5) is 5.95 Å². The van der Waals surface area contributed by atoms with Crippen molar-refractivity contribution in [3.63, 3.8) is 0 Å². The molecule has 5 rings (SSSR count). The van der Waals surface area contributed by atoms with Gasteiger partial charge in [-0.2, -0.15) is 0 Å². The summed E-state index contributed by atoms with van der Waals surface area (Å²) in [4.78, 5) is 23.2. The second kappa shape index (κ2) is 5.93. The average Bonchev–Trinajstić information content (AvgIpc) is 2.94. The first-order valence-electron chi connectivity index (χ1n) is 8.89. The SMILES string of the molecule is O=C(c1cnc(N[C@H]2Cc3ccc(Cl)cc3C2)nc1)N1CCC12COC2. The van der Waals surface area contributed by atoms with E-state index in [9.17, 15) is 4.79 Å². The van der Waals surface area contributed by atoms with Gasteiger partial charge in [-0.05, 0) is 42.5 Å². The van der Waals surface area contributed by atoms with E-state index in [1.807, 2.05) is 17.0 Å². The van der Waals surface area contributed by atoms with Gasteiger partial charge in [0.25, 0.3) is 5.91 Å². The number of fused-ring (bicyclic) bond motifs is 1. The molecule has 3 aliphatic rings. The number of nitrogens with one attached hydrogen (secondary N) is 1. The number of halogens is 1. The van der Waals surface area contributed by atoms with E-state index in [1.165, 1.54) is 11.1 Å². The fourth-order valence-electron chi connectivity index (χ4n) is 4.03. The fourth-order valence-corrected chi connectivity index (χ4v) is 4.23. The number of benzene rings is 1. The maximum Gasteiger partial charge on any atom is 0.257 e. The molecule has 2 aliphatic heterocycles. The normalized spacial score (nSPS) is 22.5. The van der Waals surface area contributed by atoms with Gasteiger partial charge in [-0.1, -0.05) is 17.7 Å². The number of anilines is 1. The maximum absolute atomic E-state index is 12.6. The Kier molecular flexibility index (Phi) is 3.65. The van der Waals surface area contributed by atoms with Gasteiger partial charge in [0.05, 0.1) is 24.3 Å². The van der Waals surface area contributed by atoms with E-state index >= 15 is 0 Å². The van der Waals surface area contributed by atoms with E-state index < -0.39 is 0 Å². The topological polar surface area (TPSA) is 67.4 Å². The minimum atomic E-state index is -0.0646. The van der Waals surface area contributed by atoms with Crippen LogP contribution in [0, 0.1) is 0 Å². The van der Waals surface area contributed by atoms with Crippen LogP contribution in [-0.2, 0) is 17.6 Å². The lowest BCUT2D eigenvalue weighted by molar-refractivity contribution is -0.172. The van der Waals surface area contributed by atoms with E-state index in [4.69, 9.17) is 16.3 Å². The highest BCUT2D eigenvalue weighted by molar-refractivity contribution is 6.30. The summed E-state index contributed by atoms with van der Waals surface area (Å²) < 4.78 is 5.28. The van der Waals surface area contributed by atoms with Crippen molar-refractivity contribution in [1.29, 1.82) is 0 Å². The summed E-state index contributed by atoms with van der Waals surface area (Å²) in [5.41, 5.74) is 3.05. The van der Waals surface area contributed by atoms with Gasteiger partial charge in [0, 0.05) is 30.0 Å². The molecule has 0 saturated carbocycles. The lowest BCUT2D eigenvalue weighted by Gasteiger charge is -2.57. The zero-order chi connectivity index (χ0) is 17.7. The molecule has 1 amide bonds. The molecular weight excluding hydrogens is 352 g/mol. The molecule has 2 saturated heterocycles. The van der Waals surface area contributed by atoms with E-state index in [-0.39, 0.29) is 17.5 Å². The fraction of sp³-hybridized carbons (Fsp3) is 0.421. The van der Waals surface area contributed by atoms with Crippen LogP contribution in [0.3, 0.4) is 0 Å². The van der Waals surface area contributed by atoms with E-state index in [0.717, 1.165) is 30.8 Å². The number of nitrogens with zero attached hydrogens (tertiary/aromatic N) is 3. The Bertz CT molecular complexity index is 861. The minimum Gasteiger partial charge on any atom is -0.376 e. The highest BCUT2D eigenvalue weighted by Crippen LogP contribution is 2.38. The van der Waals surface area contributed by atoms with Gasteiger partial charge in [0.15, 0.2) is 0 Å². The molecule has 26 heavy (non-hydrogen) atoms. The molecule has 1 aliphatic carbocycles. The molecule has 3 heterocycles. The van der Waals surface area contributed by atoms with Crippen molar-refractivity contribution in [2.24, 2.45) is 0 Å². The molecule has 6 nitrogen and oxygen atoms in total. The van der Waals surface area contributed by atoms with Crippen molar-refractivity contribution in [2.75, 3.05) is 25.1 Å². The van der Waals surface area contributed by atoms with Crippen LogP contribution in [0.15, 0.2) is 30.6 Å². The Hall–Kier alpha value is -2.18. The van der Waals surface area contributed by atoms with Crippen LogP contribution in [0.5, 0.6) is 0 Å². The van der Waals surface area contributed by atoms with Crippen LogP contribution in [0.2, 0.25) is 5.02 Å². The van der Waals surface area contributed by atoms with Crippen molar-refractivity contribution < 1.29 is 9.53 Å². The molecule has 7 heteroatoms. The van der Waals surface area contributed by atoms with Crippen LogP contribution < -0.4 is 5.32 Å². The number of rotatable bonds is 3. The molecule has 1 aromatic heterocycles. The van der Waals surface area contributed by atoms with Crippen molar-refractivity contribution in [1.82, 2.24) is 14.9 Å². The summed E-state index contributed by atoms with van der Waals surface area (Å²) in [5.74, 6) is 0.546. The average molecular weight is 371 g/mol. The number of likely N-dealkylation sites (tertiary alicyclic amines) is 1. The number of hydrogen-bond donors (Lipinski definition) is 1. The Balaban J connectivity index is 1.24. The second-order valence-electron chi connectivity index (χ2n) is 7.38. The monoisotopic (exact) mass is 370 g/mol. The van der Waals surface area contributed by atoms with E-state index in [0.29, 0.717) is 24.7 Å². The van der Waals surface area contributed by atoms with Gasteiger partial charge in [0.2, 0.25) is 5.95 Å². The Morgan fingerprint density at radius 3 is 2.65 bits per heavy atom. The van der Waals surface area contributed by atoms with Crippen molar-refractivity contribution in [2.45, 2.75) is 30.8 Å². The highest BCUT2D eigenvalue weighted by atomic mass is 35.5. The van der Waals surface area contributed by atoms with Gasteiger partial charge in [-0.3, -0.25) is 4.79 Å². The van der Waals surface area contributed by atoms with Gasteiger partial charge >= 0.3 is 0 Å². The lowest BCUT2D eigenvalue weighted by atomic mass is 9.82. The van der Waals surface area contributed by atoms with E-state index in [1.54, 1.807) is 12.4 Å². The molecule has 2 fully saturated rings. The third-order valence-electron chi connectivity index (χ3n) is 5.69. The largest absolute Gasteiger partial charge is 0.376 e. The minimum absolute atomic E-state index is 0.00554. The summed E-state index contributed by atoms with van der Waals surface area (Å²) in [6.07, 6.45) is 6.07. The summed E-state index contributed by atoms with van der Waals surface area (Å²) in [6.45, 7) is 2.07. The zero-order valence-corrected chi connectivity index (χ0v) is 15.0. The first-order chi connectivity index (χ1) is 12.6. The lowest BCUT2D eigenvalue weighted by Crippen LogP contribution is -2.72. The highest BCUT2D eigenvalue weighted by Gasteiger charge is 2.53. The predicted octanol–water partition coefficient (Wildman–Crippen LogP) is 2.32. The summed E-state index contributed by atoms with van der Waals surface area (Å²) in [5, 5.41) is 4.13. The van der Waals surface area contributed by atoms with Crippen LogP contribution in [0.25, 0.3) is 0 Å². The Morgan fingerprint density at radius 1 is 1.23 bits per heavy atom. The molecule has 0 bridgehead atoms. The molecule has 1 aromatic carbocycles. The number of carbonyl (C=O) groups is 1. The first-order valence-corrected chi connectivity index (χ1v) is 9.26. The molecule has 0 radical (unpaired) electrons. The number of aromatic nitrogens is 2. The quantitative estimate of drug-likeness (QED) is 0.898. The molecule has 2 aromatic rings. The Morgan fingerprint density at radius 2 is 2.00 bits per heavy atom. The Labute approximate surface area is 156 Å². The molecular formula is C19H19ClN4O2. The molecule has 1 N–H and O–H groups in total. The number of hydrogen-bond acceptors (Lipinski definition) is 5. The third kappa shape index (κ3) is 2.56. The molecule has 134 valence electrons. The number of amides is 1. The smallest absolute Gasteiger partial charge is 0.257 e. The predicted molar refractivity (Wildman–Crippen MR) is 97.5 cm³/mol.